The van der Waals surface area contributed by atoms with Crippen molar-refractivity contribution in [1.29, 1.82) is 0 Å². The van der Waals surface area contributed by atoms with Crippen molar-refractivity contribution in [3.05, 3.63) is 65.4 Å². The highest BCUT2D eigenvalue weighted by Gasteiger charge is 2.33. The van der Waals surface area contributed by atoms with Gasteiger partial charge in [0.05, 0.1) is 11.3 Å². The molecule has 0 atom stereocenters. The van der Waals surface area contributed by atoms with E-state index in [1.807, 2.05) is 48.5 Å². The summed E-state index contributed by atoms with van der Waals surface area (Å²) >= 11 is 0. The number of oxime groups is 1. The lowest BCUT2D eigenvalue weighted by Gasteiger charge is -2.04. The molecule has 3 N–H and O–H groups in total. The zero-order valence-electron chi connectivity index (χ0n) is 10.9. The number of carbonyl (C=O) groups is 1. The fourth-order valence-corrected chi connectivity index (χ4v) is 2.78. The smallest absolute Gasteiger partial charge is 0.258 e. The number of benzene rings is 2. The normalized spacial score (nSPS) is 21.0. The van der Waals surface area contributed by atoms with Crippen LogP contribution in [0, 0.1) is 0 Å². The van der Waals surface area contributed by atoms with E-state index in [4.69, 9.17) is 0 Å². The topological polar surface area (TPSA) is 73.7 Å². The van der Waals surface area contributed by atoms with E-state index >= 15 is 0 Å². The van der Waals surface area contributed by atoms with Crippen molar-refractivity contribution >= 4 is 28.6 Å². The minimum absolute atomic E-state index is 0.201. The van der Waals surface area contributed by atoms with Gasteiger partial charge in [-0.1, -0.05) is 41.6 Å². The number of anilines is 2. The lowest BCUT2D eigenvalue weighted by Crippen LogP contribution is -2.12. The van der Waals surface area contributed by atoms with Gasteiger partial charge in [-0.15, -0.1) is 0 Å². The summed E-state index contributed by atoms with van der Waals surface area (Å²) < 4.78 is 0. The largest absolute Gasteiger partial charge is 0.410 e. The van der Waals surface area contributed by atoms with Crippen molar-refractivity contribution in [3.63, 3.8) is 0 Å². The summed E-state index contributed by atoms with van der Waals surface area (Å²) in [7, 11) is 0. The third-order valence-electron chi connectivity index (χ3n) is 3.70. The van der Waals surface area contributed by atoms with Gasteiger partial charge in [-0.3, -0.25) is 4.79 Å². The minimum atomic E-state index is -0.201. The fraction of sp³-hybridized carbons (Fsp3) is 0. The van der Waals surface area contributed by atoms with Gasteiger partial charge >= 0.3 is 0 Å². The molecule has 102 valence electrons. The first kappa shape index (κ1) is 11.7. The molecule has 2 aromatic rings. The van der Waals surface area contributed by atoms with E-state index in [1.54, 1.807) is 0 Å². The second-order valence-corrected chi connectivity index (χ2v) is 4.87. The highest BCUT2D eigenvalue weighted by Crippen LogP contribution is 2.38. The van der Waals surface area contributed by atoms with Gasteiger partial charge in [-0.05, 0) is 12.1 Å². The maximum Gasteiger partial charge on any atom is 0.258 e. The molecule has 1 amide bonds. The molecule has 0 saturated carbocycles. The number of para-hydroxylation sites is 2. The molecule has 0 fully saturated rings. The quantitative estimate of drug-likeness (QED) is 0.394. The number of amides is 1. The van der Waals surface area contributed by atoms with Crippen LogP contribution >= 0.6 is 0 Å². The SMILES string of the molecule is O=C1Nc2ccccc2/C1=C1/Nc2ccccc2/C1=N/O. The van der Waals surface area contributed by atoms with Crippen molar-refractivity contribution in [1.82, 2.24) is 0 Å². The summed E-state index contributed by atoms with van der Waals surface area (Å²) in [6.07, 6.45) is 0. The molecule has 0 aliphatic carbocycles. The van der Waals surface area contributed by atoms with Crippen LogP contribution in [0.4, 0.5) is 11.4 Å². The van der Waals surface area contributed by atoms with E-state index in [1.165, 1.54) is 0 Å². The number of nitrogens with zero attached hydrogens (tertiary/aromatic N) is 1. The Kier molecular flexibility index (Phi) is 2.35. The van der Waals surface area contributed by atoms with Crippen molar-refractivity contribution in [3.8, 4) is 0 Å². The van der Waals surface area contributed by atoms with Gasteiger partial charge in [0, 0.05) is 22.5 Å². The highest BCUT2D eigenvalue weighted by atomic mass is 16.4. The van der Waals surface area contributed by atoms with Crippen molar-refractivity contribution in [2.24, 2.45) is 5.16 Å². The first-order chi connectivity index (χ1) is 10.3. The van der Waals surface area contributed by atoms with Crippen molar-refractivity contribution in [2.75, 3.05) is 10.6 Å². The number of nitrogens with one attached hydrogen (secondary N) is 2. The van der Waals surface area contributed by atoms with Crippen LogP contribution in [0.2, 0.25) is 0 Å². The Morgan fingerprint density at radius 1 is 0.857 bits per heavy atom. The molecular formula is C16H11N3O2. The number of hydrogen-bond acceptors (Lipinski definition) is 4. The summed E-state index contributed by atoms with van der Waals surface area (Å²) in [4.78, 5) is 12.3. The first-order valence-corrected chi connectivity index (χ1v) is 6.53. The molecule has 0 spiro atoms. The van der Waals surface area contributed by atoms with Crippen LogP contribution in [0.3, 0.4) is 0 Å². The van der Waals surface area contributed by atoms with Crippen molar-refractivity contribution in [2.45, 2.75) is 0 Å². The molecule has 2 aromatic carbocycles. The Labute approximate surface area is 120 Å². The van der Waals surface area contributed by atoms with Gasteiger partial charge < -0.3 is 15.8 Å². The summed E-state index contributed by atoms with van der Waals surface area (Å²) in [5.41, 5.74) is 4.58. The van der Waals surface area contributed by atoms with Gasteiger partial charge in [-0.2, -0.15) is 0 Å². The van der Waals surface area contributed by atoms with Crippen molar-refractivity contribution < 1.29 is 10.0 Å². The van der Waals surface area contributed by atoms with E-state index in [0.717, 1.165) is 22.5 Å². The summed E-state index contributed by atoms with van der Waals surface area (Å²) in [6, 6.07) is 14.9. The molecule has 5 nitrogen and oxygen atoms in total. The Hall–Kier alpha value is -3.08. The molecule has 2 aliphatic heterocycles. The predicted molar refractivity (Wildman–Crippen MR) is 80.4 cm³/mol. The predicted octanol–water partition coefficient (Wildman–Crippen LogP) is 2.65. The van der Waals surface area contributed by atoms with Crippen LogP contribution < -0.4 is 10.6 Å². The highest BCUT2D eigenvalue weighted by molar-refractivity contribution is 6.39. The second-order valence-electron chi connectivity index (χ2n) is 4.87. The number of fused-ring (bicyclic) bond motifs is 2. The van der Waals surface area contributed by atoms with Crippen LogP contribution in [0.5, 0.6) is 0 Å². The Morgan fingerprint density at radius 3 is 2.19 bits per heavy atom. The lowest BCUT2D eigenvalue weighted by atomic mass is 10.0. The molecule has 5 heteroatoms. The average Bonchev–Trinajstić information content (AvgIpc) is 3.02. The third-order valence-corrected chi connectivity index (χ3v) is 3.70. The Morgan fingerprint density at radius 2 is 1.48 bits per heavy atom. The number of carbonyl (C=O) groups excluding carboxylic acids is 1. The maximum absolute atomic E-state index is 12.3. The Bertz CT molecular complexity index is 837. The van der Waals surface area contributed by atoms with Gasteiger partial charge in [0.1, 0.15) is 5.71 Å². The second kappa shape index (κ2) is 4.21. The standard InChI is InChI=1S/C16H11N3O2/c20-16-13(9-5-1-3-7-11(9)18-16)15-14(19-21)10-6-2-4-8-12(10)17-15/h1-8,17,21H,(H,18,20)/b15-13-,19-14-. The average molecular weight is 277 g/mol. The van der Waals surface area contributed by atoms with Crippen LogP contribution in [-0.4, -0.2) is 16.8 Å². The van der Waals surface area contributed by atoms with E-state index in [9.17, 15) is 10.0 Å². The van der Waals surface area contributed by atoms with Crippen LogP contribution in [0.15, 0.2) is 59.4 Å². The summed E-state index contributed by atoms with van der Waals surface area (Å²) in [5.74, 6) is -0.201. The summed E-state index contributed by atoms with van der Waals surface area (Å²) in [6.45, 7) is 0. The molecule has 0 saturated heterocycles. The lowest BCUT2D eigenvalue weighted by molar-refractivity contribution is -0.110. The molecule has 21 heavy (non-hydrogen) atoms. The van der Waals surface area contributed by atoms with Crippen LogP contribution in [0.1, 0.15) is 11.1 Å². The van der Waals surface area contributed by atoms with Gasteiger partial charge in [-0.25, -0.2) is 0 Å². The minimum Gasteiger partial charge on any atom is -0.410 e. The summed E-state index contributed by atoms with van der Waals surface area (Å²) in [5, 5.41) is 18.7. The zero-order chi connectivity index (χ0) is 14.4. The number of hydrogen-bond donors (Lipinski definition) is 3. The molecule has 0 radical (unpaired) electrons. The molecule has 2 aliphatic rings. The molecule has 0 unspecified atom stereocenters. The van der Waals surface area contributed by atoms with E-state index < -0.39 is 0 Å². The van der Waals surface area contributed by atoms with Gasteiger partial charge in [0.15, 0.2) is 0 Å². The number of rotatable bonds is 0. The maximum atomic E-state index is 12.3. The van der Waals surface area contributed by atoms with Gasteiger partial charge in [0.2, 0.25) is 0 Å². The molecule has 2 heterocycles. The zero-order valence-corrected chi connectivity index (χ0v) is 10.9. The van der Waals surface area contributed by atoms with Crippen LogP contribution in [0.25, 0.3) is 5.57 Å². The molecule has 4 rings (SSSR count). The Balaban J connectivity index is 1.97. The fourth-order valence-electron chi connectivity index (χ4n) is 2.78. The first-order valence-electron chi connectivity index (χ1n) is 6.53. The van der Waals surface area contributed by atoms with E-state index in [0.29, 0.717) is 17.0 Å². The molecular weight excluding hydrogens is 266 g/mol. The monoisotopic (exact) mass is 277 g/mol. The molecule has 0 aromatic heterocycles. The molecule has 0 bridgehead atoms. The van der Waals surface area contributed by atoms with E-state index in [-0.39, 0.29) is 5.91 Å². The van der Waals surface area contributed by atoms with Crippen LogP contribution in [-0.2, 0) is 4.79 Å². The number of allylic oxidation sites excluding steroid dienone is 1. The van der Waals surface area contributed by atoms with E-state index in [2.05, 4.69) is 15.8 Å². The van der Waals surface area contributed by atoms with Gasteiger partial charge in [0.25, 0.3) is 5.91 Å². The third kappa shape index (κ3) is 1.57.